The molecule has 2 bridgehead atoms. The third-order valence-electron chi connectivity index (χ3n) is 4.84. The van der Waals surface area contributed by atoms with Gasteiger partial charge in [-0.05, 0) is 13.8 Å². The Kier molecular flexibility index (Phi) is 3.32. The molecular formula is C16H17F2N3O2. The molecule has 5 nitrogen and oxygen atoms in total. The summed E-state index contributed by atoms with van der Waals surface area (Å²) in [7, 11) is 0. The Labute approximate surface area is 132 Å². The van der Waals surface area contributed by atoms with Gasteiger partial charge in [-0.3, -0.25) is 9.78 Å². The summed E-state index contributed by atoms with van der Waals surface area (Å²) in [5.41, 5.74) is -0.904. The van der Waals surface area contributed by atoms with Gasteiger partial charge in [0.05, 0.1) is 12.6 Å². The van der Waals surface area contributed by atoms with Crippen LogP contribution >= 0.6 is 0 Å². The summed E-state index contributed by atoms with van der Waals surface area (Å²) in [4.78, 5) is 18.2. The molecule has 0 spiro atoms. The number of amides is 1. The summed E-state index contributed by atoms with van der Waals surface area (Å²) in [6, 6.07) is 1.64. The zero-order valence-corrected chi connectivity index (χ0v) is 13.1. The number of pyridine rings is 1. The Morgan fingerprint density at radius 2 is 2.13 bits per heavy atom. The van der Waals surface area contributed by atoms with Crippen LogP contribution in [0.3, 0.4) is 0 Å². The van der Waals surface area contributed by atoms with Crippen molar-refractivity contribution >= 4 is 5.91 Å². The second-order valence-electron chi connectivity index (χ2n) is 6.68. The predicted octanol–water partition coefficient (Wildman–Crippen LogP) is 2.67. The van der Waals surface area contributed by atoms with Gasteiger partial charge < -0.3 is 9.64 Å². The van der Waals surface area contributed by atoms with Crippen molar-refractivity contribution in [3.8, 4) is 11.8 Å². The van der Waals surface area contributed by atoms with Gasteiger partial charge in [0.1, 0.15) is 28.9 Å². The lowest BCUT2D eigenvalue weighted by molar-refractivity contribution is -0.163. The Morgan fingerprint density at radius 1 is 1.43 bits per heavy atom. The monoisotopic (exact) mass is 321 g/mol. The van der Waals surface area contributed by atoms with Gasteiger partial charge in [0.2, 0.25) is 5.91 Å². The number of likely N-dealkylation sites (tertiary alicyclic amines) is 1. The molecule has 23 heavy (non-hydrogen) atoms. The topological polar surface area (TPSA) is 66.2 Å². The fraction of sp³-hybridized carbons (Fsp3) is 0.562. The molecule has 2 atom stereocenters. The van der Waals surface area contributed by atoms with E-state index in [1.165, 1.54) is 24.9 Å². The van der Waals surface area contributed by atoms with E-state index >= 15 is 0 Å². The number of carbonyl (C=O) groups is 1. The molecule has 1 amide bonds. The first-order chi connectivity index (χ1) is 10.7. The van der Waals surface area contributed by atoms with E-state index in [1.54, 1.807) is 6.20 Å². The molecule has 1 aromatic rings. The number of hydrogen-bond acceptors (Lipinski definition) is 4. The van der Waals surface area contributed by atoms with Crippen LogP contribution in [0.15, 0.2) is 12.4 Å². The Balaban J connectivity index is 1.99. The number of alkyl halides is 2. The number of aromatic nitrogens is 1. The Morgan fingerprint density at radius 3 is 2.74 bits per heavy atom. The van der Waals surface area contributed by atoms with E-state index in [2.05, 4.69) is 4.98 Å². The van der Waals surface area contributed by atoms with Gasteiger partial charge >= 0.3 is 0 Å². The summed E-state index contributed by atoms with van der Waals surface area (Å²) >= 11 is 0. The van der Waals surface area contributed by atoms with Crippen molar-refractivity contribution in [1.29, 1.82) is 5.26 Å². The van der Waals surface area contributed by atoms with Gasteiger partial charge in [0.25, 0.3) is 5.92 Å². The first-order valence-electron chi connectivity index (χ1n) is 7.40. The van der Waals surface area contributed by atoms with E-state index in [0.29, 0.717) is 23.3 Å². The van der Waals surface area contributed by atoms with Crippen LogP contribution in [0.5, 0.6) is 5.75 Å². The number of hydrogen-bond donors (Lipinski definition) is 0. The van der Waals surface area contributed by atoms with E-state index in [0.717, 1.165) is 6.92 Å². The maximum absolute atomic E-state index is 13.8. The van der Waals surface area contributed by atoms with E-state index in [4.69, 9.17) is 10.00 Å². The fourth-order valence-corrected chi connectivity index (χ4v) is 3.03. The normalized spacial score (nSPS) is 23.0. The van der Waals surface area contributed by atoms with Gasteiger partial charge in [-0.1, -0.05) is 0 Å². The van der Waals surface area contributed by atoms with Crippen molar-refractivity contribution in [3.05, 3.63) is 23.5 Å². The molecule has 0 unspecified atom stereocenters. The minimum Gasteiger partial charge on any atom is -0.487 e. The highest BCUT2D eigenvalue weighted by molar-refractivity contribution is 5.84. The van der Waals surface area contributed by atoms with Crippen molar-refractivity contribution in [2.24, 2.45) is 5.41 Å². The van der Waals surface area contributed by atoms with Crippen LogP contribution < -0.4 is 4.74 Å². The molecule has 122 valence electrons. The fourth-order valence-electron chi connectivity index (χ4n) is 3.03. The largest absolute Gasteiger partial charge is 0.487 e. The summed E-state index contributed by atoms with van der Waals surface area (Å²) < 4.78 is 33.4. The summed E-state index contributed by atoms with van der Waals surface area (Å²) in [6.07, 6.45) is 3.19. The predicted molar refractivity (Wildman–Crippen MR) is 76.8 cm³/mol. The molecule has 2 aliphatic rings. The van der Waals surface area contributed by atoms with Crippen molar-refractivity contribution in [2.45, 2.75) is 45.3 Å². The molecule has 3 rings (SSSR count). The molecule has 1 aromatic heterocycles. The van der Waals surface area contributed by atoms with Crippen LogP contribution in [0.2, 0.25) is 0 Å². The maximum Gasteiger partial charge on any atom is 0.259 e. The maximum atomic E-state index is 13.8. The van der Waals surface area contributed by atoms with Crippen LogP contribution in [0.25, 0.3) is 0 Å². The number of nitriles is 1. The van der Waals surface area contributed by atoms with Crippen LogP contribution in [0.1, 0.15) is 44.4 Å². The first kappa shape index (κ1) is 15.7. The molecule has 0 N–H and O–H groups in total. The number of carbonyl (C=O) groups excluding carboxylic acids is 1. The Bertz CT molecular complexity index is 706. The molecule has 0 aromatic carbocycles. The zero-order chi connectivity index (χ0) is 17.0. The molecule has 0 aliphatic carbocycles. The van der Waals surface area contributed by atoms with Crippen LogP contribution in [-0.2, 0) is 4.79 Å². The van der Waals surface area contributed by atoms with E-state index in [-0.39, 0.29) is 18.7 Å². The molecule has 1 fully saturated rings. The van der Waals surface area contributed by atoms with Gasteiger partial charge in [0, 0.05) is 31.3 Å². The SMILES string of the molecule is CC(F)(F)C(C)(C)C(=O)N1C[C@@H]2C[C@H]1c1cncc(C#N)c1O2. The van der Waals surface area contributed by atoms with Gasteiger partial charge in [-0.25, -0.2) is 8.78 Å². The van der Waals surface area contributed by atoms with Gasteiger partial charge in [-0.2, -0.15) is 5.26 Å². The second-order valence-corrected chi connectivity index (χ2v) is 6.68. The highest BCUT2D eigenvalue weighted by Crippen LogP contribution is 2.47. The molecular weight excluding hydrogens is 304 g/mol. The second kappa shape index (κ2) is 4.88. The molecule has 3 heterocycles. The number of rotatable bonds is 2. The van der Waals surface area contributed by atoms with Gasteiger partial charge in [0.15, 0.2) is 0 Å². The zero-order valence-electron chi connectivity index (χ0n) is 13.1. The van der Waals surface area contributed by atoms with E-state index < -0.39 is 17.2 Å². The number of fused-ring (bicyclic) bond motifs is 4. The third kappa shape index (κ3) is 2.24. The molecule has 7 heteroatoms. The number of nitrogens with zero attached hydrogens (tertiary/aromatic N) is 3. The standard InChI is InChI=1S/C16H17F2N3O2/c1-15(2,16(3,17)18)14(22)21-8-10-4-12(21)11-7-20-6-9(5-19)13(11)23-10/h6-7,10,12H,4,8H2,1-3H3/t10-,12-/m0/s1. The smallest absolute Gasteiger partial charge is 0.259 e. The lowest BCUT2D eigenvalue weighted by Crippen LogP contribution is -2.49. The van der Waals surface area contributed by atoms with Crippen LogP contribution in [0.4, 0.5) is 8.78 Å². The van der Waals surface area contributed by atoms with Crippen LogP contribution in [0, 0.1) is 16.7 Å². The highest BCUT2D eigenvalue weighted by Gasteiger charge is 2.54. The summed E-state index contributed by atoms with van der Waals surface area (Å²) in [5, 5.41) is 9.15. The quantitative estimate of drug-likeness (QED) is 0.840. The average molecular weight is 321 g/mol. The van der Waals surface area contributed by atoms with E-state index in [1.807, 2.05) is 6.07 Å². The molecule has 1 saturated heterocycles. The van der Waals surface area contributed by atoms with Crippen molar-refractivity contribution in [1.82, 2.24) is 9.88 Å². The van der Waals surface area contributed by atoms with Crippen molar-refractivity contribution in [2.75, 3.05) is 6.54 Å². The molecule has 2 aliphatic heterocycles. The lowest BCUT2D eigenvalue weighted by Gasteiger charge is -2.36. The number of halogens is 2. The highest BCUT2D eigenvalue weighted by atomic mass is 19.3. The summed E-state index contributed by atoms with van der Waals surface area (Å²) in [6.45, 7) is 3.50. The first-order valence-corrected chi connectivity index (χ1v) is 7.40. The van der Waals surface area contributed by atoms with Gasteiger partial charge in [-0.15, -0.1) is 0 Å². The van der Waals surface area contributed by atoms with Crippen molar-refractivity contribution in [3.63, 3.8) is 0 Å². The third-order valence-corrected chi connectivity index (χ3v) is 4.84. The average Bonchev–Trinajstić information content (AvgIpc) is 2.82. The summed E-state index contributed by atoms with van der Waals surface area (Å²) in [5.74, 6) is -3.34. The molecule has 0 radical (unpaired) electrons. The number of ether oxygens (including phenoxy) is 1. The minimum absolute atomic E-state index is 0.239. The van der Waals surface area contributed by atoms with Crippen LogP contribution in [-0.4, -0.2) is 34.4 Å². The van der Waals surface area contributed by atoms with E-state index in [9.17, 15) is 13.6 Å². The van der Waals surface area contributed by atoms with Crippen molar-refractivity contribution < 1.29 is 18.3 Å². The lowest BCUT2D eigenvalue weighted by atomic mass is 9.84. The minimum atomic E-state index is -3.14. The Hall–Kier alpha value is -2.23. The molecule has 0 saturated carbocycles.